The quantitative estimate of drug-likeness (QED) is 0.143. The second-order valence-electron chi connectivity index (χ2n) is 6.68. The predicted octanol–water partition coefficient (Wildman–Crippen LogP) is 7.35. The number of hydrogen-bond acceptors (Lipinski definition) is 0. The minimum atomic E-state index is 0. The molecule has 5 heteroatoms. The average molecular weight is 721 g/mol. The van der Waals surface area contributed by atoms with Crippen LogP contribution in [0.15, 0.2) is 0 Å². The van der Waals surface area contributed by atoms with Crippen LogP contribution in [0.5, 0.6) is 0 Å². The molecule has 2 nitrogen and oxygen atoms in total. The van der Waals surface area contributed by atoms with Crippen molar-refractivity contribution in [1.82, 2.24) is 0 Å². The minimum absolute atomic E-state index is 0. The Morgan fingerprint density at radius 2 is 0.519 bits per heavy atom. The van der Waals surface area contributed by atoms with Crippen molar-refractivity contribution in [3.63, 3.8) is 0 Å². The maximum absolute atomic E-state index is 7.50. The molecule has 0 aromatic heterocycles. The Labute approximate surface area is 209 Å². The van der Waals surface area contributed by atoms with E-state index in [1.54, 1.807) is 0 Å². The molecule has 4 rings (SSSR count). The van der Waals surface area contributed by atoms with E-state index < -0.39 is 0 Å². The largest absolute Gasteiger partial charge is 2.00 e. The van der Waals surface area contributed by atoms with E-state index in [1.807, 2.05) is 0 Å². The zero-order chi connectivity index (χ0) is 18.1. The molecule has 0 amide bonds. The van der Waals surface area contributed by atoms with Crippen molar-refractivity contribution < 1.29 is 69.3 Å². The van der Waals surface area contributed by atoms with Gasteiger partial charge in [0.25, 0.3) is 0 Å². The van der Waals surface area contributed by atoms with Crippen LogP contribution in [-0.4, -0.2) is 0 Å². The van der Waals surface area contributed by atoms with Crippen LogP contribution in [0.3, 0.4) is 0 Å². The van der Waals surface area contributed by atoms with Gasteiger partial charge in [-0.3, -0.25) is 0 Å². The summed E-state index contributed by atoms with van der Waals surface area (Å²) in [5.41, 5.74) is 0. The maximum atomic E-state index is 7.50. The summed E-state index contributed by atoms with van der Waals surface area (Å²) in [6.07, 6.45) is 31.0. The Bertz CT molecular complexity index is 169. The molecule has 156 valence electrons. The molecule has 0 saturated heterocycles. The minimum Gasteiger partial charge on any atom is -0.328 e. The zero-order valence-corrected chi connectivity index (χ0v) is 23.2. The van der Waals surface area contributed by atoms with Gasteiger partial charge < -0.3 is 12.8 Å². The summed E-state index contributed by atoms with van der Waals surface area (Å²) in [4.78, 5) is 0. The molecule has 4 saturated carbocycles. The summed E-state index contributed by atoms with van der Waals surface area (Å²) in [5.74, 6) is 0. The molecule has 27 heavy (non-hydrogen) atoms. The molecule has 4 aliphatic carbocycles. The van der Waals surface area contributed by atoms with E-state index in [1.165, 1.54) is 116 Å². The predicted molar refractivity (Wildman–Crippen MR) is 99.6 cm³/mol. The number of rotatable bonds is 0. The van der Waals surface area contributed by atoms with E-state index in [9.17, 15) is 0 Å². The van der Waals surface area contributed by atoms with Crippen LogP contribution >= 0.6 is 0 Å². The summed E-state index contributed by atoms with van der Waals surface area (Å²) in [6.45, 7) is 9.00. The molecule has 0 atom stereocenters. The van der Waals surface area contributed by atoms with Crippen molar-refractivity contribution in [2.24, 2.45) is 0 Å². The summed E-state index contributed by atoms with van der Waals surface area (Å²) in [6, 6.07) is 0. The third-order valence-corrected chi connectivity index (χ3v) is 4.63. The van der Waals surface area contributed by atoms with Gasteiger partial charge in [-0.25, -0.2) is 0 Å². The Kier molecular flexibility index (Phi) is 60.2. The van der Waals surface area contributed by atoms with Gasteiger partial charge in [0.1, 0.15) is 0 Å². The van der Waals surface area contributed by atoms with Gasteiger partial charge in [-0.15, -0.1) is 0 Å². The Morgan fingerprint density at radius 1 is 0.370 bits per heavy atom. The zero-order valence-electron chi connectivity index (χ0n) is 16.8. The van der Waals surface area contributed by atoms with Gasteiger partial charge in [0.05, 0.1) is 0 Å². The van der Waals surface area contributed by atoms with E-state index in [0.29, 0.717) is 0 Å². The maximum Gasteiger partial charge on any atom is 2.00 e. The van der Waals surface area contributed by atoms with Gasteiger partial charge in [-0.05, 0) is 0 Å². The van der Waals surface area contributed by atoms with Crippen molar-refractivity contribution in [3.8, 4) is 0 Å². The molecule has 0 aliphatic heterocycles. The molecule has 0 radical (unpaired) electrons. The molecule has 0 spiro atoms. The Balaban J connectivity index is -0.0000000725. The third-order valence-electron chi connectivity index (χ3n) is 4.63. The molecule has 0 bridgehead atoms. The fraction of sp³-hybridized carbons (Fsp3) is 0.818. The van der Waals surface area contributed by atoms with Crippen LogP contribution in [0, 0.1) is 26.1 Å². The van der Waals surface area contributed by atoms with Gasteiger partial charge in [0.15, 0.2) is 0 Å². The summed E-state index contributed by atoms with van der Waals surface area (Å²) in [7, 11) is 0. The van der Waals surface area contributed by atoms with Crippen LogP contribution in [0.2, 0.25) is 0 Å². The first-order valence-electron chi connectivity index (χ1n) is 10.0. The molecule has 0 heterocycles. The van der Waals surface area contributed by atoms with Crippen molar-refractivity contribution >= 4 is 0 Å². The fourth-order valence-corrected chi connectivity index (χ4v) is 3.21. The van der Waals surface area contributed by atoms with Crippen molar-refractivity contribution in [2.45, 2.75) is 116 Å². The fourth-order valence-electron chi connectivity index (χ4n) is 3.21. The standard InChI is InChI=1S/2C5H10.2C5H9.2CO.2Ru.W/c4*1-2-4-5-3-1;2*1-2;;;/h2*1-5H2;2*1H,2-5H2;;;;;/q;;2*-1;;;3*+2. The van der Waals surface area contributed by atoms with E-state index in [-0.39, 0.29) is 60.0 Å². The number of hydrogen-bond donors (Lipinski definition) is 0. The topological polar surface area (TPSA) is 39.8 Å². The van der Waals surface area contributed by atoms with E-state index in [2.05, 4.69) is 26.1 Å². The first kappa shape index (κ1) is 39.0. The van der Waals surface area contributed by atoms with Gasteiger partial charge in [-0.1, -0.05) is 89.9 Å². The normalized spacial score (nSPS) is 17.9. The molecular weight excluding hydrogens is 682 g/mol. The SMILES string of the molecule is C1CCCC1.C1CCCC1.[C-]#[O+].[C-]#[O+].[CH-]1CCCC1.[CH-]1CCCC1.[Ru+2].[Ru+2].[W+2]. The van der Waals surface area contributed by atoms with Crippen LogP contribution < -0.4 is 0 Å². The molecule has 0 aromatic carbocycles. The molecule has 4 aliphatic rings. The summed E-state index contributed by atoms with van der Waals surface area (Å²) in [5, 5.41) is 0. The van der Waals surface area contributed by atoms with Crippen molar-refractivity contribution in [1.29, 1.82) is 0 Å². The second-order valence-corrected chi connectivity index (χ2v) is 6.68. The molecule has 0 unspecified atom stereocenters. The molecule has 4 fully saturated rings. The van der Waals surface area contributed by atoms with Gasteiger partial charge in [0.2, 0.25) is 0 Å². The third kappa shape index (κ3) is 38.6. The van der Waals surface area contributed by atoms with Gasteiger partial charge in [-0.2, -0.15) is 25.7 Å². The second kappa shape index (κ2) is 41.7. The average Bonchev–Trinajstić information content (AvgIpc) is 3.48. The van der Waals surface area contributed by atoms with Crippen LogP contribution in [0.25, 0.3) is 0 Å². The van der Waals surface area contributed by atoms with Gasteiger partial charge in [0, 0.05) is 0 Å². The van der Waals surface area contributed by atoms with Crippen molar-refractivity contribution in [2.75, 3.05) is 0 Å². The summed E-state index contributed by atoms with van der Waals surface area (Å²) >= 11 is 0. The first-order valence-corrected chi connectivity index (χ1v) is 10.0. The monoisotopic (exact) mass is 722 g/mol. The van der Waals surface area contributed by atoms with Gasteiger partial charge >= 0.3 is 82.6 Å². The summed E-state index contributed by atoms with van der Waals surface area (Å²) < 4.78 is 15.0. The van der Waals surface area contributed by atoms with E-state index >= 15 is 0 Å². The molecule has 0 aromatic rings. The van der Waals surface area contributed by atoms with Crippen LogP contribution in [-0.2, 0) is 69.3 Å². The van der Waals surface area contributed by atoms with E-state index in [4.69, 9.17) is 9.30 Å². The first-order chi connectivity index (χ1) is 12.0. The Morgan fingerprint density at radius 3 is 0.593 bits per heavy atom. The Hall–Kier alpha value is 1.42. The molecular formula is C22H38O2Ru2W+4. The van der Waals surface area contributed by atoms with E-state index in [0.717, 1.165) is 0 Å². The van der Waals surface area contributed by atoms with Crippen molar-refractivity contribution in [3.05, 3.63) is 26.1 Å². The van der Waals surface area contributed by atoms with Crippen LogP contribution in [0.1, 0.15) is 116 Å². The smallest absolute Gasteiger partial charge is 0.328 e. The van der Waals surface area contributed by atoms with Crippen LogP contribution in [0.4, 0.5) is 0 Å². The molecule has 0 N–H and O–H groups in total.